The monoisotopic (exact) mass is 325 g/mol. The van der Waals surface area contributed by atoms with Crippen LogP contribution in [-0.2, 0) is 9.53 Å². The van der Waals surface area contributed by atoms with Crippen LogP contribution in [0.2, 0.25) is 0 Å². The summed E-state index contributed by atoms with van der Waals surface area (Å²) in [7, 11) is 1.89. The van der Waals surface area contributed by atoms with E-state index in [1.54, 1.807) is 0 Å². The molecule has 0 aromatic carbocycles. The highest BCUT2D eigenvalue weighted by Gasteiger charge is 2.45. The molecule has 2 rings (SSSR count). The molecule has 1 amide bonds. The van der Waals surface area contributed by atoms with Gasteiger partial charge in [0.15, 0.2) is 0 Å². The van der Waals surface area contributed by atoms with E-state index in [0.29, 0.717) is 6.04 Å². The molecule has 1 saturated carbocycles. The Bertz CT molecular complexity index is 388. The maximum Gasteiger partial charge on any atom is 0.239 e. The Morgan fingerprint density at radius 2 is 1.70 bits per heavy atom. The molecular weight excluding hydrogens is 290 g/mol. The topological polar surface area (TPSA) is 44.8 Å². The summed E-state index contributed by atoms with van der Waals surface area (Å²) in [5, 5.41) is 3.62. The van der Waals surface area contributed by atoms with Crippen LogP contribution in [0.4, 0.5) is 0 Å². The van der Waals surface area contributed by atoms with Crippen molar-refractivity contribution in [2.75, 3.05) is 33.4 Å². The highest BCUT2D eigenvalue weighted by molar-refractivity contribution is 5.81. The van der Waals surface area contributed by atoms with Gasteiger partial charge < -0.3 is 15.0 Å². The fourth-order valence-electron chi connectivity index (χ4n) is 4.18. The van der Waals surface area contributed by atoms with Gasteiger partial charge in [-0.25, -0.2) is 0 Å². The molecular formula is C18H35N3O2. The summed E-state index contributed by atoms with van der Waals surface area (Å²) in [6.07, 6.45) is 5.03. The number of nitrogens with one attached hydrogen (secondary N) is 1. The van der Waals surface area contributed by atoms with Crippen molar-refractivity contribution >= 4 is 5.91 Å². The molecule has 0 aromatic heterocycles. The summed E-state index contributed by atoms with van der Waals surface area (Å²) in [5.41, 5.74) is 0.189. The second-order valence-electron chi connectivity index (χ2n) is 7.56. The van der Waals surface area contributed by atoms with Crippen molar-refractivity contribution in [3.63, 3.8) is 0 Å². The first kappa shape index (κ1) is 18.7. The molecule has 1 aliphatic heterocycles. The van der Waals surface area contributed by atoms with Crippen molar-refractivity contribution in [1.82, 2.24) is 15.1 Å². The van der Waals surface area contributed by atoms with Crippen molar-refractivity contribution in [2.24, 2.45) is 0 Å². The molecule has 1 saturated heterocycles. The molecule has 2 fully saturated rings. The second-order valence-corrected chi connectivity index (χ2v) is 7.56. The fraction of sp³-hybridized carbons (Fsp3) is 0.944. The van der Waals surface area contributed by atoms with Gasteiger partial charge in [-0.15, -0.1) is 0 Å². The number of hydrogen-bond acceptors (Lipinski definition) is 4. The molecule has 5 heteroatoms. The summed E-state index contributed by atoms with van der Waals surface area (Å²) in [6.45, 7) is 12.1. The molecule has 0 unspecified atom stereocenters. The zero-order valence-corrected chi connectivity index (χ0v) is 15.6. The van der Waals surface area contributed by atoms with E-state index in [0.717, 1.165) is 26.3 Å². The predicted molar refractivity (Wildman–Crippen MR) is 93.6 cm³/mol. The van der Waals surface area contributed by atoms with Gasteiger partial charge in [0.1, 0.15) is 0 Å². The van der Waals surface area contributed by atoms with Crippen LogP contribution in [0.25, 0.3) is 0 Å². The van der Waals surface area contributed by atoms with E-state index in [1.807, 2.05) is 18.9 Å². The van der Waals surface area contributed by atoms with E-state index in [2.05, 4.69) is 31.0 Å². The molecule has 0 spiro atoms. The van der Waals surface area contributed by atoms with Gasteiger partial charge in [0.05, 0.1) is 19.3 Å². The molecule has 2 aliphatic rings. The number of likely N-dealkylation sites (N-methyl/N-ethyl adjacent to an activating group) is 1. The Kier molecular flexibility index (Phi) is 6.46. The van der Waals surface area contributed by atoms with Crippen LogP contribution in [0, 0.1) is 0 Å². The minimum atomic E-state index is -0.143. The van der Waals surface area contributed by atoms with Crippen molar-refractivity contribution < 1.29 is 9.53 Å². The van der Waals surface area contributed by atoms with Crippen LogP contribution in [0.15, 0.2) is 0 Å². The van der Waals surface area contributed by atoms with E-state index in [4.69, 9.17) is 4.74 Å². The first-order chi connectivity index (χ1) is 10.9. The van der Waals surface area contributed by atoms with E-state index < -0.39 is 0 Å². The van der Waals surface area contributed by atoms with Crippen LogP contribution in [-0.4, -0.2) is 72.7 Å². The predicted octanol–water partition coefficient (Wildman–Crippen LogP) is 1.86. The first-order valence-corrected chi connectivity index (χ1v) is 9.24. The largest absolute Gasteiger partial charge is 0.379 e. The Balaban J connectivity index is 2.03. The van der Waals surface area contributed by atoms with E-state index >= 15 is 0 Å². The third kappa shape index (κ3) is 4.06. The molecule has 0 aromatic rings. The molecule has 1 heterocycles. The van der Waals surface area contributed by atoms with Gasteiger partial charge in [-0.1, -0.05) is 12.8 Å². The van der Waals surface area contributed by atoms with Gasteiger partial charge >= 0.3 is 0 Å². The second kappa shape index (κ2) is 7.95. The highest BCUT2D eigenvalue weighted by atomic mass is 16.5. The normalized spacial score (nSPS) is 24.6. The molecule has 0 radical (unpaired) electrons. The van der Waals surface area contributed by atoms with Crippen LogP contribution in [0.1, 0.15) is 53.4 Å². The number of nitrogens with zero attached hydrogens (tertiary/aromatic N) is 2. The molecule has 2 atom stereocenters. The summed E-state index contributed by atoms with van der Waals surface area (Å²) in [4.78, 5) is 17.0. The van der Waals surface area contributed by atoms with Crippen molar-refractivity contribution in [3.05, 3.63) is 0 Å². The quantitative estimate of drug-likeness (QED) is 0.810. The zero-order valence-electron chi connectivity index (χ0n) is 15.6. The van der Waals surface area contributed by atoms with Gasteiger partial charge in [0.25, 0.3) is 0 Å². The lowest BCUT2D eigenvalue weighted by Crippen LogP contribution is -2.63. The SMILES string of the molecule is CC(C)N(C)C(=O)[C@@H](C)N[C@H](C)C1(N2CCOCC2)CCCC1. The van der Waals surface area contributed by atoms with Gasteiger partial charge in [-0.2, -0.15) is 0 Å². The third-order valence-electron chi connectivity index (χ3n) is 5.91. The zero-order chi connectivity index (χ0) is 17.0. The van der Waals surface area contributed by atoms with Crippen LogP contribution >= 0.6 is 0 Å². The molecule has 5 nitrogen and oxygen atoms in total. The lowest BCUT2D eigenvalue weighted by atomic mass is 9.86. The van der Waals surface area contributed by atoms with Crippen LogP contribution in [0.3, 0.4) is 0 Å². The van der Waals surface area contributed by atoms with Gasteiger partial charge in [0.2, 0.25) is 5.91 Å². The Morgan fingerprint density at radius 3 is 2.22 bits per heavy atom. The molecule has 0 bridgehead atoms. The van der Waals surface area contributed by atoms with Crippen molar-refractivity contribution in [3.8, 4) is 0 Å². The maximum atomic E-state index is 12.5. The molecule has 134 valence electrons. The number of amides is 1. The Labute approximate surface area is 141 Å². The number of carbonyl (C=O) groups is 1. The van der Waals surface area contributed by atoms with Crippen molar-refractivity contribution in [1.29, 1.82) is 0 Å². The van der Waals surface area contributed by atoms with Crippen LogP contribution in [0.5, 0.6) is 0 Å². The molecule has 1 N–H and O–H groups in total. The number of rotatable bonds is 6. The first-order valence-electron chi connectivity index (χ1n) is 9.24. The lowest BCUT2D eigenvalue weighted by Gasteiger charge is -2.48. The number of hydrogen-bond donors (Lipinski definition) is 1. The summed E-state index contributed by atoms with van der Waals surface area (Å²) < 4.78 is 5.54. The standard InChI is InChI=1S/C18H35N3O2/c1-14(2)20(5)17(22)15(3)19-16(4)18(8-6-7-9-18)21-10-12-23-13-11-21/h14-16,19H,6-13H2,1-5H3/t15-,16-/m1/s1. The number of ether oxygens (including phenoxy) is 1. The summed E-state index contributed by atoms with van der Waals surface area (Å²) in [5.74, 6) is 0.182. The third-order valence-corrected chi connectivity index (χ3v) is 5.91. The smallest absolute Gasteiger partial charge is 0.239 e. The van der Waals surface area contributed by atoms with Crippen molar-refractivity contribution in [2.45, 2.75) is 77.0 Å². The van der Waals surface area contributed by atoms with Gasteiger partial charge in [-0.3, -0.25) is 9.69 Å². The minimum Gasteiger partial charge on any atom is -0.379 e. The average molecular weight is 325 g/mol. The summed E-state index contributed by atoms with van der Waals surface area (Å²) >= 11 is 0. The molecule has 23 heavy (non-hydrogen) atoms. The van der Waals surface area contributed by atoms with E-state index in [1.165, 1.54) is 25.7 Å². The van der Waals surface area contributed by atoms with Gasteiger partial charge in [-0.05, 0) is 40.5 Å². The minimum absolute atomic E-state index is 0.143. The Morgan fingerprint density at radius 1 is 1.13 bits per heavy atom. The molecule has 1 aliphatic carbocycles. The average Bonchev–Trinajstić information content (AvgIpc) is 3.05. The Hall–Kier alpha value is -0.650. The number of morpholine rings is 1. The van der Waals surface area contributed by atoms with E-state index in [-0.39, 0.29) is 23.5 Å². The fourth-order valence-corrected chi connectivity index (χ4v) is 4.18. The number of carbonyl (C=O) groups excluding carboxylic acids is 1. The van der Waals surface area contributed by atoms with Gasteiger partial charge in [0, 0.05) is 37.8 Å². The van der Waals surface area contributed by atoms with Crippen LogP contribution < -0.4 is 5.32 Å². The lowest BCUT2D eigenvalue weighted by molar-refractivity contribution is -0.133. The highest BCUT2D eigenvalue weighted by Crippen LogP contribution is 2.38. The maximum absolute atomic E-state index is 12.5. The van der Waals surface area contributed by atoms with E-state index in [9.17, 15) is 4.79 Å². The summed E-state index contributed by atoms with van der Waals surface area (Å²) in [6, 6.07) is 0.403.